The van der Waals surface area contributed by atoms with Gasteiger partial charge in [0.1, 0.15) is 11.6 Å². The molecule has 0 unspecified atom stereocenters. The zero-order valence-corrected chi connectivity index (χ0v) is 14.9. The van der Waals surface area contributed by atoms with E-state index in [1.807, 2.05) is 12.1 Å². The molecule has 5 nitrogen and oxygen atoms in total. The summed E-state index contributed by atoms with van der Waals surface area (Å²) in [7, 11) is 0. The topological polar surface area (TPSA) is 63.7 Å². The molecule has 3 aromatic carbocycles. The van der Waals surface area contributed by atoms with Crippen molar-refractivity contribution in [1.82, 2.24) is 4.90 Å². The van der Waals surface area contributed by atoms with E-state index in [0.29, 0.717) is 16.5 Å². The van der Waals surface area contributed by atoms with E-state index in [-0.39, 0.29) is 37.0 Å². The van der Waals surface area contributed by atoms with Gasteiger partial charge in [-0.15, -0.1) is 0 Å². The summed E-state index contributed by atoms with van der Waals surface area (Å²) in [5.41, 5.74) is 0.975. The van der Waals surface area contributed by atoms with Crippen LogP contribution in [-0.2, 0) is 4.79 Å². The van der Waals surface area contributed by atoms with Crippen molar-refractivity contribution in [3.05, 3.63) is 77.6 Å². The van der Waals surface area contributed by atoms with Gasteiger partial charge in [-0.05, 0) is 48.2 Å². The Morgan fingerprint density at radius 1 is 0.893 bits per heavy atom. The summed E-state index contributed by atoms with van der Waals surface area (Å²) in [6, 6.07) is 15.8. The van der Waals surface area contributed by atoms with Gasteiger partial charge in [0.15, 0.2) is 0 Å². The molecule has 1 heterocycles. The molecule has 0 aliphatic carbocycles. The molecule has 0 aromatic heterocycles. The molecule has 0 fully saturated rings. The predicted octanol–water partition coefficient (Wildman–Crippen LogP) is 3.96. The normalized spacial score (nSPS) is 13.1. The Hall–Kier alpha value is -3.54. The van der Waals surface area contributed by atoms with Gasteiger partial charge in [-0.25, -0.2) is 4.39 Å². The number of halogens is 1. The van der Waals surface area contributed by atoms with E-state index in [0.717, 1.165) is 5.39 Å². The molecule has 0 spiro atoms. The van der Waals surface area contributed by atoms with Crippen LogP contribution in [0.2, 0.25) is 0 Å². The highest BCUT2D eigenvalue weighted by molar-refractivity contribution is 6.25. The first kappa shape index (κ1) is 17.9. The van der Waals surface area contributed by atoms with Crippen molar-refractivity contribution >= 4 is 28.6 Å². The Kier molecular flexibility index (Phi) is 4.61. The smallest absolute Gasteiger partial charge is 0.311 e. The van der Waals surface area contributed by atoms with Crippen LogP contribution in [0.3, 0.4) is 0 Å². The minimum atomic E-state index is -0.508. The van der Waals surface area contributed by atoms with E-state index in [1.54, 1.807) is 24.3 Å². The molecule has 3 aromatic rings. The molecule has 28 heavy (non-hydrogen) atoms. The van der Waals surface area contributed by atoms with Gasteiger partial charge in [0.25, 0.3) is 11.8 Å². The number of hydrogen-bond donors (Lipinski definition) is 0. The number of carbonyl (C=O) groups is 3. The fraction of sp³-hybridized carbons (Fsp3) is 0.136. The number of rotatable bonds is 5. The first-order valence-corrected chi connectivity index (χ1v) is 8.89. The summed E-state index contributed by atoms with van der Waals surface area (Å²) in [4.78, 5) is 38.7. The van der Waals surface area contributed by atoms with Crippen LogP contribution < -0.4 is 4.74 Å². The van der Waals surface area contributed by atoms with Gasteiger partial charge in [-0.3, -0.25) is 19.3 Å². The second-order valence-electron chi connectivity index (χ2n) is 6.50. The van der Waals surface area contributed by atoms with E-state index in [1.165, 1.54) is 29.2 Å². The van der Waals surface area contributed by atoms with Crippen LogP contribution >= 0.6 is 0 Å². The molecular weight excluding hydrogens is 361 g/mol. The lowest BCUT2D eigenvalue weighted by Crippen LogP contribution is -2.41. The summed E-state index contributed by atoms with van der Waals surface area (Å²) in [5, 5.41) is 1.52. The quantitative estimate of drug-likeness (QED) is 0.384. The lowest BCUT2D eigenvalue weighted by atomic mass is 9.94. The van der Waals surface area contributed by atoms with E-state index < -0.39 is 11.8 Å². The predicted molar refractivity (Wildman–Crippen MR) is 101 cm³/mol. The SMILES string of the molecule is O=C(CCCN1C(=O)c2cccc3cccc(c23)C1=O)Oc1ccc(F)cc1. The standard InChI is InChI=1S/C22H16FNO4/c23-15-9-11-16(12-10-15)28-19(25)8-3-13-24-21(26)17-6-1-4-14-5-2-7-18(20(14)17)22(24)27/h1-2,4-7,9-12H,3,8,13H2. The maximum Gasteiger partial charge on any atom is 0.311 e. The van der Waals surface area contributed by atoms with Crippen molar-refractivity contribution < 1.29 is 23.5 Å². The van der Waals surface area contributed by atoms with Crippen molar-refractivity contribution in [3.8, 4) is 5.75 Å². The maximum atomic E-state index is 12.9. The van der Waals surface area contributed by atoms with Crippen molar-refractivity contribution in [2.45, 2.75) is 12.8 Å². The van der Waals surface area contributed by atoms with E-state index in [9.17, 15) is 18.8 Å². The Labute approximate surface area is 160 Å². The number of benzene rings is 3. The maximum absolute atomic E-state index is 12.9. The first-order valence-electron chi connectivity index (χ1n) is 8.89. The molecule has 140 valence electrons. The van der Waals surface area contributed by atoms with Crippen LogP contribution in [0.5, 0.6) is 5.75 Å². The van der Waals surface area contributed by atoms with Gasteiger partial charge >= 0.3 is 5.97 Å². The molecule has 0 N–H and O–H groups in total. The van der Waals surface area contributed by atoms with Gasteiger partial charge < -0.3 is 4.74 Å². The van der Waals surface area contributed by atoms with E-state index >= 15 is 0 Å². The molecule has 0 bridgehead atoms. The number of hydrogen-bond acceptors (Lipinski definition) is 4. The van der Waals surface area contributed by atoms with Gasteiger partial charge in [-0.2, -0.15) is 0 Å². The second-order valence-corrected chi connectivity index (χ2v) is 6.50. The largest absolute Gasteiger partial charge is 0.427 e. The van der Waals surface area contributed by atoms with Gasteiger partial charge in [0, 0.05) is 29.5 Å². The van der Waals surface area contributed by atoms with Crippen molar-refractivity contribution in [2.24, 2.45) is 0 Å². The molecule has 0 saturated carbocycles. The number of carbonyl (C=O) groups excluding carboxylic acids is 3. The molecule has 4 rings (SSSR count). The highest BCUT2D eigenvalue weighted by atomic mass is 19.1. The number of ether oxygens (including phenoxy) is 1. The van der Waals surface area contributed by atoms with Crippen molar-refractivity contribution in [3.63, 3.8) is 0 Å². The van der Waals surface area contributed by atoms with Crippen molar-refractivity contribution in [1.29, 1.82) is 0 Å². The van der Waals surface area contributed by atoms with Gasteiger partial charge in [0.05, 0.1) is 0 Å². The molecule has 6 heteroatoms. The molecule has 1 aliphatic rings. The van der Waals surface area contributed by atoms with Crippen LogP contribution in [-0.4, -0.2) is 29.2 Å². The van der Waals surface area contributed by atoms with Crippen LogP contribution in [0.25, 0.3) is 10.8 Å². The molecule has 1 aliphatic heterocycles. The Morgan fingerprint density at radius 3 is 2.11 bits per heavy atom. The molecular formula is C22H16FNO4. The van der Waals surface area contributed by atoms with E-state index in [2.05, 4.69) is 0 Å². The number of imide groups is 1. The highest BCUT2D eigenvalue weighted by Gasteiger charge is 2.32. The third-order valence-electron chi connectivity index (χ3n) is 4.66. The first-order chi connectivity index (χ1) is 13.5. The molecule has 0 radical (unpaired) electrons. The molecule has 0 saturated heterocycles. The van der Waals surface area contributed by atoms with E-state index in [4.69, 9.17) is 4.74 Å². The number of nitrogens with zero attached hydrogens (tertiary/aromatic N) is 1. The highest BCUT2D eigenvalue weighted by Crippen LogP contribution is 2.30. The summed E-state index contributed by atoms with van der Waals surface area (Å²) < 4.78 is 18.0. The molecule has 0 atom stereocenters. The Morgan fingerprint density at radius 2 is 1.50 bits per heavy atom. The third kappa shape index (κ3) is 3.24. The number of amides is 2. The van der Waals surface area contributed by atoms with Gasteiger partial charge in [-0.1, -0.05) is 24.3 Å². The third-order valence-corrected chi connectivity index (χ3v) is 4.66. The summed E-state index contributed by atoms with van der Waals surface area (Å²) in [6.45, 7) is 0.112. The number of esters is 1. The fourth-order valence-corrected chi connectivity index (χ4v) is 3.35. The lowest BCUT2D eigenvalue weighted by Gasteiger charge is -2.27. The van der Waals surface area contributed by atoms with Gasteiger partial charge in [0.2, 0.25) is 0 Å². The zero-order valence-electron chi connectivity index (χ0n) is 14.9. The monoisotopic (exact) mass is 377 g/mol. The summed E-state index contributed by atoms with van der Waals surface area (Å²) in [6.07, 6.45) is 0.302. The van der Waals surface area contributed by atoms with Crippen LogP contribution in [0.1, 0.15) is 33.6 Å². The minimum Gasteiger partial charge on any atom is -0.427 e. The van der Waals surface area contributed by atoms with Crippen LogP contribution in [0.4, 0.5) is 4.39 Å². The van der Waals surface area contributed by atoms with Crippen LogP contribution in [0, 0.1) is 5.82 Å². The summed E-state index contributed by atoms with van der Waals surface area (Å²) in [5.74, 6) is -1.40. The Balaban J connectivity index is 1.43. The minimum absolute atomic E-state index is 0.0281. The Bertz CT molecular complexity index is 1040. The van der Waals surface area contributed by atoms with Crippen LogP contribution in [0.15, 0.2) is 60.7 Å². The zero-order chi connectivity index (χ0) is 19.7. The molecule has 2 amide bonds. The second kappa shape index (κ2) is 7.23. The summed E-state index contributed by atoms with van der Waals surface area (Å²) >= 11 is 0. The fourth-order valence-electron chi connectivity index (χ4n) is 3.35. The average molecular weight is 377 g/mol. The van der Waals surface area contributed by atoms with Crippen molar-refractivity contribution in [2.75, 3.05) is 6.54 Å². The average Bonchev–Trinajstić information content (AvgIpc) is 2.70. The lowest BCUT2D eigenvalue weighted by molar-refractivity contribution is -0.134.